The summed E-state index contributed by atoms with van der Waals surface area (Å²) in [6.07, 6.45) is 0. The van der Waals surface area contributed by atoms with Crippen molar-refractivity contribution in [2.75, 3.05) is 7.11 Å². The number of hydrogen-bond donors (Lipinski definition) is 1. The highest BCUT2D eigenvalue weighted by Gasteiger charge is 2.10. The topological polar surface area (TPSA) is 46.5 Å². The summed E-state index contributed by atoms with van der Waals surface area (Å²) in [5.74, 6) is -0.619. The van der Waals surface area contributed by atoms with Gasteiger partial charge in [-0.1, -0.05) is 24.8 Å². The van der Waals surface area contributed by atoms with Crippen LogP contribution in [0.25, 0.3) is 5.76 Å². The zero-order valence-corrected chi connectivity index (χ0v) is 7.28. The van der Waals surface area contributed by atoms with Gasteiger partial charge in [0.25, 0.3) is 0 Å². The lowest BCUT2D eigenvalue weighted by atomic mass is 10.1. The summed E-state index contributed by atoms with van der Waals surface area (Å²) in [7, 11) is 1.46. The monoisotopic (exact) mass is 178 g/mol. The van der Waals surface area contributed by atoms with Gasteiger partial charge in [0.15, 0.2) is 0 Å². The van der Waals surface area contributed by atoms with E-state index in [1.807, 2.05) is 0 Å². The minimum atomic E-state index is -0.978. The van der Waals surface area contributed by atoms with E-state index in [1.54, 1.807) is 18.2 Å². The maximum absolute atomic E-state index is 10.7. The first kappa shape index (κ1) is 9.32. The lowest BCUT2D eigenvalue weighted by molar-refractivity contribution is 0.0696. The maximum atomic E-state index is 10.7. The van der Waals surface area contributed by atoms with Gasteiger partial charge in [0.2, 0.25) is 0 Å². The minimum Gasteiger partial charge on any atom is -0.497 e. The van der Waals surface area contributed by atoms with Crippen LogP contribution >= 0.6 is 0 Å². The first-order chi connectivity index (χ1) is 6.16. The third-order valence-electron chi connectivity index (χ3n) is 1.70. The van der Waals surface area contributed by atoms with Crippen LogP contribution in [0.4, 0.5) is 0 Å². The van der Waals surface area contributed by atoms with Crippen molar-refractivity contribution in [3.05, 3.63) is 42.0 Å². The second kappa shape index (κ2) is 3.76. The quantitative estimate of drug-likeness (QED) is 0.720. The van der Waals surface area contributed by atoms with Gasteiger partial charge in [-0.25, -0.2) is 4.79 Å². The largest absolute Gasteiger partial charge is 0.497 e. The predicted octanol–water partition coefficient (Wildman–Crippen LogP) is 2.00. The molecule has 68 valence electrons. The van der Waals surface area contributed by atoms with Gasteiger partial charge in [0.05, 0.1) is 12.7 Å². The Kier molecular flexibility index (Phi) is 2.69. The fourth-order valence-electron chi connectivity index (χ4n) is 1.02. The van der Waals surface area contributed by atoms with Crippen molar-refractivity contribution in [3.63, 3.8) is 0 Å². The molecule has 13 heavy (non-hydrogen) atoms. The van der Waals surface area contributed by atoms with E-state index in [4.69, 9.17) is 9.84 Å². The molecule has 0 fully saturated rings. The molecular weight excluding hydrogens is 168 g/mol. The lowest BCUT2D eigenvalue weighted by Gasteiger charge is -2.06. The molecule has 0 aliphatic carbocycles. The summed E-state index contributed by atoms with van der Waals surface area (Å²) in [6.45, 7) is 3.60. The molecule has 3 nitrogen and oxygen atoms in total. The highest BCUT2D eigenvalue weighted by atomic mass is 16.5. The van der Waals surface area contributed by atoms with Crippen LogP contribution < -0.4 is 0 Å². The van der Waals surface area contributed by atoms with Gasteiger partial charge < -0.3 is 9.84 Å². The van der Waals surface area contributed by atoms with E-state index in [0.717, 1.165) is 0 Å². The normalized spacial score (nSPS) is 9.31. The van der Waals surface area contributed by atoms with Crippen LogP contribution in [-0.4, -0.2) is 18.2 Å². The van der Waals surface area contributed by atoms with Gasteiger partial charge in [-0.05, 0) is 6.07 Å². The molecule has 3 heteroatoms. The highest BCUT2D eigenvalue weighted by Crippen LogP contribution is 2.17. The van der Waals surface area contributed by atoms with E-state index in [2.05, 4.69) is 6.58 Å². The van der Waals surface area contributed by atoms with Crippen molar-refractivity contribution in [2.24, 2.45) is 0 Å². The molecule has 0 saturated carbocycles. The Morgan fingerprint density at radius 2 is 1.92 bits per heavy atom. The van der Waals surface area contributed by atoms with Crippen molar-refractivity contribution >= 4 is 11.7 Å². The number of methoxy groups -OCH3 is 1. The summed E-state index contributed by atoms with van der Waals surface area (Å²) in [5, 5.41) is 8.81. The molecular formula is C10H10O3. The number of hydrogen-bond acceptors (Lipinski definition) is 2. The average Bonchev–Trinajstić information content (AvgIpc) is 2.16. The molecule has 0 bridgehead atoms. The van der Waals surface area contributed by atoms with Gasteiger partial charge in [-0.2, -0.15) is 0 Å². The first-order valence-corrected chi connectivity index (χ1v) is 3.72. The number of ether oxygens (including phenoxy) is 1. The van der Waals surface area contributed by atoms with Crippen molar-refractivity contribution < 1.29 is 14.6 Å². The van der Waals surface area contributed by atoms with E-state index >= 15 is 0 Å². The minimum absolute atomic E-state index is 0.203. The number of carboxylic acid groups (broad SMARTS) is 1. The molecule has 0 atom stereocenters. The fraction of sp³-hybridized carbons (Fsp3) is 0.100. The molecule has 0 radical (unpaired) electrons. The smallest absolute Gasteiger partial charge is 0.336 e. The number of benzene rings is 1. The Labute approximate surface area is 76.3 Å². The second-order valence-electron chi connectivity index (χ2n) is 2.48. The number of carboxylic acids is 1. The molecule has 1 aromatic carbocycles. The maximum Gasteiger partial charge on any atom is 0.336 e. The molecule has 1 N–H and O–H groups in total. The van der Waals surface area contributed by atoms with Crippen molar-refractivity contribution in [3.8, 4) is 0 Å². The Hall–Kier alpha value is -1.77. The van der Waals surface area contributed by atoms with Crippen molar-refractivity contribution in [1.82, 2.24) is 0 Å². The summed E-state index contributed by atoms with van der Waals surface area (Å²) in [4.78, 5) is 10.7. The predicted molar refractivity (Wildman–Crippen MR) is 49.4 cm³/mol. The van der Waals surface area contributed by atoms with Crippen LogP contribution in [0.15, 0.2) is 30.8 Å². The Morgan fingerprint density at radius 1 is 1.38 bits per heavy atom. The first-order valence-electron chi connectivity index (χ1n) is 3.72. The Balaban J connectivity index is 3.19. The molecule has 1 rings (SSSR count). The van der Waals surface area contributed by atoms with Crippen molar-refractivity contribution in [2.45, 2.75) is 0 Å². The molecule has 1 aromatic rings. The van der Waals surface area contributed by atoms with E-state index in [9.17, 15) is 4.79 Å². The van der Waals surface area contributed by atoms with E-state index in [-0.39, 0.29) is 5.56 Å². The van der Waals surface area contributed by atoms with Gasteiger partial charge in [0, 0.05) is 5.56 Å². The molecule has 0 aromatic heterocycles. The standard InChI is InChI=1S/C10H10O3/c1-7(13-2)8-5-3-4-6-9(8)10(11)12/h3-6H,1H2,2H3,(H,11,12). The average molecular weight is 178 g/mol. The molecule has 0 aliphatic heterocycles. The van der Waals surface area contributed by atoms with Crippen LogP contribution in [0, 0.1) is 0 Å². The van der Waals surface area contributed by atoms with Crippen LogP contribution in [-0.2, 0) is 4.74 Å². The SMILES string of the molecule is C=C(OC)c1ccccc1C(=O)O. The number of rotatable bonds is 3. The molecule has 0 spiro atoms. The van der Waals surface area contributed by atoms with E-state index < -0.39 is 5.97 Å². The van der Waals surface area contributed by atoms with Crippen molar-refractivity contribution in [1.29, 1.82) is 0 Å². The van der Waals surface area contributed by atoms with Crippen LogP contribution in [0.5, 0.6) is 0 Å². The van der Waals surface area contributed by atoms with E-state index in [0.29, 0.717) is 11.3 Å². The Morgan fingerprint density at radius 3 is 2.38 bits per heavy atom. The number of carbonyl (C=O) groups is 1. The summed E-state index contributed by atoms with van der Waals surface area (Å²) < 4.78 is 4.87. The molecule has 0 aliphatic rings. The van der Waals surface area contributed by atoms with Crippen LogP contribution in [0.1, 0.15) is 15.9 Å². The third kappa shape index (κ3) is 1.87. The van der Waals surface area contributed by atoms with Gasteiger partial charge >= 0.3 is 5.97 Å². The van der Waals surface area contributed by atoms with Gasteiger partial charge in [0.1, 0.15) is 5.76 Å². The van der Waals surface area contributed by atoms with Crippen LogP contribution in [0.2, 0.25) is 0 Å². The lowest BCUT2D eigenvalue weighted by Crippen LogP contribution is -2.01. The number of aromatic carboxylic acids is 1. The summed E-state index contributed by atoms with van der Waals surface area (Å²) in [5.41, 5.74) is 0.715. The summed E-state index contributed by atoms with van der Waals surface area (Å²) in [6, 6.07) is 6.58. The highest BCUT2D eigenvalue weighted by molar-refractivity contribution is 5.93. The van der Waals surface area contributed by atoms with Crippen LogP contribution in [0.3, 0.4) is 0 Å². The van der Waals surface area contributed by atoms with Gasteiger partial charge in [-0.15, -0.1) is 0 Å². The zero-order valence-electron chi connectivity index (χ0n) is 7.28. The van der Waals surface area contributed by atoms with Gasteiger partial charge in [-0.3, -0.25) is 0 Å². The Bertz CT molecular complexity index is 342. The third-order valence-corrected chi connectivity index (χ3v) is 1.70. The summed E-state index contributed by atoms with van der Waals surface area (Å²) >= 11 is 0. The van der Waals surface area contributed by atoms with E-state index in [1.165, 1.54) is 13.2 Å². The second-order valence-corrected chi connectivity index (χ2v) is 2.48. The molecule has 0 amide bonds. The molecule has 0 saturated heterocycles. The zero-order chi connectivity index (χ0) is 9.84. The molecule has 0 heterocycles. The molecule has 0 unspecified atom stereocenters. The fourth-order valence-corrected chi connectivity index (χ4v) is 1.02.